The lowest BCUT2D eigenvalue weighted by atomic mass is 10.1. The summed E-state index contributed by atoms with van der Waals surface area (Å²) in [5.74, 6) is 0.535. The van der Waals surface area contributed by atoms with Gasteiger partial charge in [0.15, 0.2) is 10.8 Å². The van der Waals surface area contributed by atoms with Crippen LogP contribution in [0.15, 0.2) is 29.6 Å². The number of benzene rings is 1. The van der Waals surface area contributed by atoms with Gasteiger partial charge >= 0.3 is 5.97 Å². The normalized spacial score (nSPS) is 16.4. The number of esters is 1. The molecule has 1 aliphatic rings. The topological polar surface area (TPSA) is 60.5 Å². The van der Waals surface area contributed by atoms with Gasteiger partial charge in [0.1, 0.15) is 11.9 Å². The van der Waals surface area contributed by atoms with Crippen molar-refractivity contribution in [1.29, 1.82) is 0 Å². The molecule has 20 heavy (non-hydrogen) atoms. The van der Waals surface area contributed by atoms with Gasteiger partial charge in [0, 0.05) is 11.8 Å². The Morgan fingerprint density at radius 1 is 1.55 bits per heavy atom. The summed E-state index contributed by atoms with van der Waals surface area (Å²) in [7, 11) is 1.35. The van der Waals surface area contributed by atoms with Crippen LogP contribution in [0.4, 0.5) is 5.13 Å². The van der Waals surface area contributed by atoms with Gasteiger partial charge in [-0.25, -0.2) is 9.78 Å². The van der Waals surface area contributed by atoms with Crippen molar-refractivity contribution < 1.29 is 14.3 Å². The van der Waals surface area contributed by atoms with Crippen LogP contribution in [0, 0.1) is 0 Å². The van der Waals surface area contributed by atoms with E-state index in [0.29, 0.717) is 17.4 Å². The predicted octanol–water partition coefficient (Wildman–Crippen LogP) is 2.35. The van der Waals surface area contributed by atoms with Gasteiger partial charge < -0.3 is 14.8 Å². The van der Waals surface area contributed by atoms with Gasteiger partial charge in [0.2, 0.25) is 0 Å². The fourth-order valence-electron chi connectivity index (χ4n) is 2.12. The smallest absolute Gasteiger partial charge is 0.357 e. The van der Waals surface area contributed by atoms with Gasteiger partial charge in [0.05, 0.1) is 13.7 Å². The van der Waals surface area contributed by atoms with Crippen LogP contribution in [-0.2, 0) is 11.2 Å². The van der Waals surface area contributed by atoms with Gasteiger partial charge in [0.25, 0.3) is 0 Å². The van der Waals surface area contributed by atoms with Crippen molar-refractivity contribution >= 4 is 22.4 Å². The van der Waals surface area contributed by atoms with Crippen molar-refractivity contribution in [3.8, 4) is 5.75 Å². The highest BCUT2D eigenvalue weighted by Gasteiger charge is 2.22. The minimum Gasteiger partial charge on any atom is -0.488 e. The molecule has 0 aliphatic carbocycles. The Balaban J connectivity index is 1.56. The van der Waals surface area contributed by atoms with E-state index in [1.807, 2.05) is 18.2 Å². The summed E-state index contributed by atoms with van der Waals surface area (Å²) in [5.41, 5.74) is 1.56. The van der Waals surface area contributed by atoms with Crippen molar-refractivity contribution in [2.75, 3.05) is 19.0 Å². The summed E-state index contributed by atoms with van der Waals surface area (Å²) in [4.78, 5) is 15.5. The zero-order chi connectivity index (χ0) is 13.9. The molecule has 1 unspecified atom stereocenters. The fraction of sp³-hybridized carbons (Fsp3) is 0.286. The summed E-state index contributed by atoms with van der Waals surface area (Å²) in [6, 6.07) is 8.04. The molecule has 0 fully saturated rings. The Bertz CT molecular complexity index is 601. The summed E-state index contributed by atoms with van der Waals surface area (Å²) in [6.07, 6.45) is 0.983. The number of nitrogens with zero attached hydrogens (tertiary/aromatic N) is 1. The standard InChI is InChI=1S/C14H14N2O3S/c1-18-13(17)11-8-20-14(16-11)15-7-10-6-9-4-2-3-5-12(9)19-10/h2-5,8,10H,6-7H2,1H3,(H,15,16). The molecule has 0 saturated heterocycles. The average Bonchev–Trinajstić information content (AvgIpc) is 3.10. The number of ether oxygens (including phenoxy) is 2. The highest BCUT2D eigenvalue weighted by Crippen LogP contribution is 2.28. The maximum absolute atomic E-state index is 11.3. The number of carbonyl (C=O) groups is 1. The van der Waals surface area contributed by atoms with E-state index in [-0.39, 0.29) is 6.10 Å². The van der Waals surface area contributed by atoms with Gasteiger partial charge in [-0.05, 0) is 11.6 Å². The number of hydrogen-bond donors (Lipinski definition) is 1. The molecular formula is C14H14N2O3S. The van der Waals surface area contributed by atoms with E-state index in [9.17, 15) is 4.79 Å². The van der Waals surface area contributed by atoms with E-state index in [0.717, 1.165) is 12.2 Å². The molecule has 104 valence electrons. The Hall–Kier alpha value is -2.08. The molecule has 0 radical (unpaired) electrons. The first kappa shape index (κ1) is 12.9. The van der Waals surface area contributed by atoms with E-state index in [1.54, 1.807) is 5.38 Å². The molecule has 1 aromatic heterocycles. The number of nitrogens with one attached hydrogen (secondary N) is 1. The number of hydrogen-bond acceptors (Lipinski definition) is 6. The second-order valence-electron chi connectivity index (χ2n) is 4.46. The lowest BCUT2D eigenvalue weighted by Crippen LogP contribution is -2.23. The number of para-hydroxylation sites is 1. The van der Waals surface area contributed by atoms with Crippen LogP contribution in [0.1, 0.15) is 16.1 Å². The number of carbonyl (C=O) groups excluding carboxylic acids is 1. The Labute approximate surface area is 120 Å². The largest absolute Gasteiger partial charge is 0.488 e. The molecule has 1 aliphatic heterocycles. The van der Waals surface area contributed by atoms with Crippen LogP contribution in [-0.4, -0.2) is 30.7 Å². The summed E-state index contributed by atoms with van der Waals surface area (Å²) < 4.78 is 10.4. The monoisotopic (exact) mass is 290 g/mol. The van der Waals surface area contributed by atoms with E-state index < -0.39 is 5.97 Å². The summed E-state index contributed by atoms with van der Waals surface area (Å²) >= 11 is 1.38. The molecule has 0 amide bonds. The first-order valence-corrected chi connectivity index (χ1v) is 7.16. The second kappa shape index (κ2) is 5.50. The highest BCUT2D eigenvalue weighted by atomic mass is 32.1. The number of thiazole rings is 1. The molecule has 6 heteroatoms. The van der Waals surface area contributed by atoms with Gasteiger partial charge in [-0.3, -0.25) is 0 Å². The van der Waals surface area contributed by atoms with Crippen molar-refractivity contribution in [3.63, 3.8) is 0 Å². The molecule has 1 atom stereocenters. The van der Waals surface area contributed by atoms with Crippen LogP contribution >= 0.6 is 11.3 Å². The van der Waals surface area contributed by atoms with E-state index in [4.69, 9.17) is 4.74 Å². The Morgan fingerprint density at radius 2 is 2.40 bits per heavy atom. The third-order valence-electron chi connectivity index (χ3n) is 3.09. The number of anilines is 1. The molecule has 0 saturated carbocycles. The van der Waals surface area contributed by atoms with Crippen molar-refractivity contribution in [2.45, 2.75) is 12.5 Å². The van der Waals surface area contributed by atoms with Crippen molar-refractivity contribution in [2.24, 2.45) is 0 Å². The number of fused-ring (bicyclic) bond motifs is 1. The second-order valence-corrected chi connectivity index (χ2v) is 5.32. The van der Waals surface area contributed by atoms with Crippen LogP contribution in [0.25, 0.3) is 0 Å². The van der Waals surface area contributed by atoms with E-state index in [1.165, 1.54) is 24.0 Å². The molecule has 5 nitrogen and oxygen atoms in total. The molecule has 1 aromatic carbocycles. The Kier molecular flexibility index (Phi) is 3.56. The van der Waals surface area contributed by atoms with E-state index in [2.05, 4.69) is 21.1 Å². The van der Waals surface area contributed by atoms with Gasteiger partial charge in [-0.15, -0.1) is 11.3 Å². The molecule has 0 bridgehead atoms. The molecule has 0 spiro atoms. The average molecular weight is 290 g/mol. The minimum absolute atomic E-state index is 0.0953. The number of aromatic nitrogens is 1. The minimum atomic E-state index is -0.418. The van der Waals surface area contributed by atoms with Crippen LogP contribution in [0.2, 0.25) is 0 Å². The molecular weight excluding hydrogens is 276 g/mol. The summed E-state index contributed by atoms with van der Waals surface area (Å²) in [6.45, 7) is 0.656. The van der Waals surface area contributed by atoms with Crippen molar-refractivity contribution in [1.82, 2.24) is 4.98 Å². The molecule has 2 aromatic rings. The lowest BCUT2D eigenvalue weighted by Gasteiger charge is -2.10. The maximum Gasteiger partial charge on any atom is 0.357 e. The molecule has 1 N–H and O–H groups in total. The van der Waals surface area contributed by atoms with E-state index >= 15 is 0 Å². The molecule has 3 rings (SSSR count). The molecule has 2 heterocycles. The highest BCUT2D eigenvalue weighted by molar-refractivity contribution is 7.13. The SMILES string of the molecule is COC(=O)c1csc(NCC2Cc3ccccc3O2)n1. The third kappa shape index (κ3) is 2.60. The van der Waals surface area contributed by atoms with Gasteiger partial charge in [-0.1, -0.05) is 18.2 Å². The van der Waals surface area contributed by atoms with Crippen LogP contribution in [0.5, 0.6) is 5.75 Å². The zero-order valence-corrected chi connectivity index (χ0v) is 11.8. The number of rotatable bonds is 4. The first-order chi connectivity index (χ1) is 9.76. The summed E-state index contributed by atoms with van der Waals surface area (Å²) in [5, 5.41) is 5.57. The number of methoxy groups -OCH3 is 1. The zero-order valence-electron chi connectivity index (χ0n) is 11.0. The lowest BCUT2D eigenvalue weighted by molar-refractivity contribution is 0.0595. The predicted molar refractivity (Wildman–Crippen MR) is 76.5 cm³/mol. The quantitative estimate of drug-likeness (QED) is 0.876. The first-order valence-electron chi connectivity index (χ1n) is 6.28. The van der Waals surface area contributed by atoms with Crippen LogP contribution < -0.4 is 10.1 Å². The maximum atomic E-state index is 11.3. The van der Waals surface area contributed by atoms with Crippen molar-refractivity contribution in [3.05, 3.63) is 40.9 Å². The van der Waals surface area contributed by atoms with Gasteiger partial charge in [-0.2, -0.15) is 0 Å². The van der Waals surface area contributed by atoms with Crippen LogP contribution in [0.3, 0.4) is 0 Å². The fourth-order valence-corrected chi connectivity index (χ4v) is 2.81. The third-order valence-corrected chi connectivity index (χ3v) is 3.89. The Morgan fingerprint density at radius 3 is 3.20 bits per heavy atom.